The predicted octanol–water partition coefficient (Wildman–Crippen LogP) is 3.20. The summed E-state index contributed by atoms with van der Waals surface area (Å²) in [6, 6.07) is 4.36. The zero-order valence-electron chi connectivity index (χ0n) is 17.0. The van der Waals surface area contributed by atoms with E-state index in [-0.39, 0.29) is 37.7 Å². The van der Waals surface area contributed by atoms with Crippen LogP contribution in [0.1, 0.15) is 17.7 Å². The number of nitrogens with two attached hydrogens (primary N) is 1. The lowest BCUT2D eigenvalue weighted by Crippen LogP contribution is -2.37. The number of benzene rings is 1. The normalized spacial score (nSPS) is 15.8. The van der Waals surface area contributed by atoms with Crippen LogP contribution in [0.15, 0.2) is 34.6 Å². The van der Waals surface area contributed by atoms with Crippen molar-refractivity contribution in [3.05, 3.63) is 51.1 Å². The second-order valence-electron chi connectivity index (χ2n) is 7.03. The first kappa shape index (κ1) is 25.0. The molecule has 1 saturated heterocycles. The van der Waals surface area contributed by atoms with Gasteiger partial charge in [-0.15, -0.1) is 11.3 Å². The fourth-order valence-electron chi connectivity index (χ4n) is 2.87. The molecule has 0 spiro atoms. The first-order valence-corrected chi connectivity index (χ1v) is 11.8. The van der Waals surface area contributed by atoms with Gasteiger partial charge in [-0.3, -0.25) is 19.3 Å². The average molecular weight is 512 g/mol. The Morgan fingerprint density at radius 2 is 2.00 bits per heavy atom. The van der Waals surface area contributed by atoms with Crippen molar-refractivity contribution >= 4 is 63.5 Å². The fourth-order valence-corrected chi connectivity index (χ4v) is 5.09. The zero-order chi connectivity index (χ0) is 24.1. The van der Waals surface area contributed by atoms with E-state index < -0.39 is 23.6 Å². The minimum Gasteiger partial charge on any atom is -0.480 e. The number of carboxylic acid groups (broad SMARTS) is 1. The van der Waals surface area contributed by atoms with Crippen LogP contribution in [-0.2, 0) is 14.4 Å². The molecule has 1 fully saturated rings. The number of nitrogens with zero attached hydrogens (tertiary/aromatic N) is 1. The Labute approximate surface area is 201 Å². The summed E-state index contributed by atoms with van der Waals surface area (Å²) in [5.41, 5.74) is 6.59. The molecule has 1 aliphatic rings. The van der Waals surface area contributed by atoms with Crippen LogP contribution in [0.3, 0.4) is 0 Å². The van der Waals surface area contributed by atoms with Gasteiger partial charge in [0, 0.05) is 24.4 Å². The Bertz CT molecular complexity index is 1140. The lowest BCUT2D eigenvalue weighted by molar-refractivity contribution is -0.138. The molecule has 0 saturated carbocycles. The minimum atomic E-state index is -1.14. The van der Waals surface area contributed by atoms with E-state index in [1.807, 2.05) is 0 Å². The van der Waals surface area contributed by atoms with E-state index in [4.69, 9.17) is 23.1 Å². The van der Waals surface area contributed by atoms with Crippen LogP contribution >= 0.6 is 35.3 Å². The van der Waals surface area contributed by atoms with E-state index in [9.17, 15) is 23.2 Å². The Kier molecular flexibility index (Phi) is 8.30. The molecule has 0 unspecified atom stereocenters. The third-order valence-electron chi connectivity index (χ3n) is 4.68. The molecule has 1 aromatic heterocycles. The van der Waals surface area contributed by atoms with Gasteiger partial charge in [0.05, 0.1) is 4.91 Å². The van der Waals surface area contributed by atoms with Crippen molar-refractivity contribution in [3.8, 4) is 11.1 Å². The van der Waals surface area contributed by atoms with Gasteiger partial charge in [-0.1, -0.05) is 30.0 Å². The van der Waals surface area contributed by atoms with Gasteiger partial charge in [0.2, 0.25) is 5.91 Å². The fraction of sp³-hybridized carbons (Fsp3) is 0.238. The molecule has 1 aliphatic heterocycles. The van der Waals surface area contributed by atoms with Crippen LogP contribution in [0.4, 0.5) is 8.78 Å². The summed E-state index contributed by atoms with van der Waals surface area (Å²) in [6.45, 7) is 0.201. The van der Waals surface area contributed by atoms with Gasteiger partial charge < -0.3 is 16.2 Å². The Morgan fingerprint density at radius 1 is 1.24 bits per heavy atom. The molecule has 2 aromatic rings. The molecule has 0 radical (unpaired) electrons. The Balaban J connectivity index is 1.57. The maximum Gasteiger partial charge on any atom is 0.320 e. The number of rotatable bonds is 9. The summed E-state index contributed by atoms with van der Waals surface area (Å²) < 4.78 is 27.0. The molecule has 2 amide bonds. The molecule has 12 heteroatoms. The van der Waals surface area contributed by atoms with Crippen molar-refractivity contribution < 1.29 is 28.3 Å². The van der Waals surface area contributed by atoms with E-state index in [1.54, 1.807) is 17.5 Å². The van der Waals surface area contributed by atoms with Gasteiger partial charge in [-0.25, -0.2) is 8.78 Å². The van der Waals surface area contributed by atoms with Gasteiger partial charge in [0.1, 0.15) is 10.4 Å². The van der Waals surface area contributed by atoms with E-state index in [2.05, 4.69) is 5.32 Å². The third kappa shape index (κ3) is 6.44. The van der Waals surface area contributed by atoms with Gasteiger partial charge >= 0.3 is 5.97 Å². The lowest BCUT2D eigenvalue weighted by atomic mass is 10.1. The Morgan fingerprint density at radius 3 is 2.70 bits per heavy atom. The van der Waals surface area contributed by atoms with Crippen molar-refractivity contribution in [2.75, 3.05) is 13.1 Å². The van der Waals surface area contributed by atoms with Gasteiger partial charge in [-0.05, 0) is 47.2 Å². The van der Waals surface area contributed by atoms with Crippen molar-refractivity contribution in [2.45, 2.75) is 18.9 Å². The molecule has 0 bridgehead atoms. The summed E-state index contributed by atoms with van der Waals surface area (Å²) in [5, 5.41) is 13.1. The molecule has 7 nitrogen and oxygen atoms in total. The van der Waals surface area contributed by atoms with Gasteiger partial charge in [0.25, 0.3) is 5.91 Å². The van der Waals surface area contributed by atoms with Crippen LogP contribution in [0.5, 0.6) is 0 Å². The number of aliphatic carboxylic acids is 1. The second-order valence-corrected chi connectivity index (χ2v) is 9.65. The van der Waals surface area contributed by atoms with Crippen molar-refractivity contribution in [1.29, 1.82) is 0 Å². The van der Waals surface area contributed by atoms with Crippen LogP contribution < -0.4 is 11.1 Å². The highest BCUT2D eigenvalue weighted by atomic mass is 32.2. The first-order chi connectivity index (χ1) is 15.7. The largest absolute Gasteiger partial charge is 0.480 e. The topological polar surface area (TPSA) is 113 Å². The van der Waals surface area contributed by atoms with E-state index in [1.165, 1.54) is 22.3 Å². The molecule has 33 heavy (non-hydrogen) atoms. The molecule has 4 N–H and O–H groups in total. The summed E-state index contributed by atoms with van der Waals surface area (Å²) in [4.78, 5) is 37.8. The number of hydrogen-bond donors (Lipinski definition) is 3. The number of hydrogen-bond acceptors (Lipinski definition) is 7. The Hall–Kier alpha value is -2.67. The summed E-state index contributed by atoms with van der Waals surface area (Å²) in [6.07, 6.45) is 1.76. The lowest BCUT2D eigenvalue weighted by Gasteiger charge is -2.14. The molecule has 1 atom stereocenters. The average Bonchev–Trinajstić information content (AvgIpc) is 3.33. The highest BCUT2D eigenvalue weighted by molar-refractivity contribution is 8.26. The number of thioether (sulfide) groups is 1. The molecular formula is C21H19F2N3O4S3. The number of nitrogens with one attached hydrogen (secondary N) is 1. The smallest absolute Gasteiger partial charge is 0.320 e. The highest BCUT2D eigenvalue weighted by Crippen LogP contribution is 2.35. The monoisotopic (exact) mass is 511 g/mol. The van der Waals surface area contributed by atoms with E-state index in [0.29, 0.717) is 20.4 Å². The number of thiocarbonyl (C=S) groups is 1. The summed E-state index contributed by atoms with van der Waals surface area (Å²) >= 11 is 7.72. The zero-order valence-corrected chi connectivity index (χ0v) is 19.5. The third-order valence-corrected chi connectivity index (χ3v) is 6.93. The number of carbonyl (C=O) groups is 3. The molecule has 1 aromatic carbocycles. The second kappa shape index (κ2) is 11.0. The maximum absolute atomic E-state index is 13.5. The van der Waals surface area contributed by atoms with Crippen LogP contribution in [-0.4, -0.2) is 51.2 Å². The highest BCUT2D eigenvalue weighted by Gasteiger charge is 2.32. The minimum absolute atomic E-state index is 0.00130. The molecule has 0 aliphatic carbocycles. The molecule has 3 rings (SSSR count). The number of carboxylic acids is 1. The maximum atomic E-state index is 13.5. The van der Waals surface area contributed by atoms with Crippen molar-refractivity contribution in [1.82, 2.24) is 10.2 Å². The van der Waals surface area contributed by atoms with E-state index >= 15 is 0 Å². The molecule has 2 heterocycles. The SMILES string of the molecule is N[C@@H](CCNC(=O)CCN1C(=O)C(=Cc2cc(-c3ccc(F)c(F)c3)cs2)SC1=S)C(=O)O. The predicted molar refractivity (Wildman–Crippen MR) is 127 cm³/mol. The molecular weight excluding hydrogens is 492 g/mol. The molecule has 174 valence electrons. The van der Waals surface area contributed by atoms with Gasteiger partial charge in [0.15, 0.2) is 11.6 Å². The van der Waals surface area contributed by atoms with Crippen LogP contribution in [0.2, 0.25) is 0 Å². The van der Waals surface area contributed by atoms with Crippen molar-refractivity contribution in [3.63, 3.8) is 0 Å². The van der Waals surface area contributed by atoms with Crippen LogP contribution in [0.25, 0.3) is 17.2 Å². The number of thiophene rings is 1. The number of amides is 2. The quantitative estimate of drug-likeness (QED) is 0.350. The van der Waals surface area contributed by atoms with Gasteiger partial charge in [-0.2, -0.15) is 0 Å². The number of carbonyl (C=O) groups excluding carboxylic acids is 2. The van der Waals surface area contributed by atoms with E-state index in [0.717, 1.165) is 28.8 Å². The summed E-state index contributed by atoms with van der Waals surface area (Å²) in [7, 11) is 0. The standard InChI is InChI=1S/C21H19F2N3O4S3/c22-14-2-1-11(8-15(14)23)12-7-13(32-10-12)9-17-19(28)26(21(31)33-17)6-4-18(27)25-5-3-16(24)20(29)30/h1-2,7-10,16H,3-6,24H2,(H,25,27)(H,29,30)/t16-/m0/s1. The van der Waals surface area contributed by atoms with Crippen molar-refractivity contribution in [2.24, 2.45) is 5.73 Å². The number of halogens is 2. The van der Waals surface area contributed by atoms with Crippen LogP contribution in [0, 0.1) is 11.6 Å². The summed E-state index contributed by atoms with van der Waals surface area (Å²) in [5.74, 6) is -3.67. The first-order valence-electron chi connectivity index (χ1n) is 9.70.